The monoisotopic (exact) mass is 226 g/mol. The van der Waals surface area contributed by atoms with Gasteiger partial charge in [0.25, 0.3) is 0 Å². The SMILES string of the molecule is CNC(C)(C#N)CC(C)OCC1CCOC1. The zero-order valence-corrected chi connectivity index (χ0v) is 10.5. The maximum Gasteiger partial charge on any atom is 0.106 e. The minimum absolute atomic E-state index is 0.0951. The number of hydrogen-bond acceptors (Lipinski definition) is 4. The molecular weight excluding hydrogens is 204 g/mol. The molecule has 0 aromatic carbocycles. The molecule has 0 radical (unpaired) electrons. The normalized spacial score (nSPS) is 26.0. The van der Waals surface area contributed by atoms with Crippen LogP contribution in [0.5, 0.6) is 0 Å². The van der Waals surface area contributed by atoms with Gasteiger partial charge in [-0.05, 0) is 27.3 Å². The third-order valence-electron chi connectivity index (χ3n) is 3.13. The standard InChI is InChI=1S/C12H22N2O2/c1-10(6-12(2,9-13)14-3)16-8-11-4-5-15-7-11/h10-11,14H,4-8H2,1-3H3. The number of nitriles is 1. The first-order valence-corrected chi connectivity index (χ1v) is 5.89. The molecule has 92 valence electrons. The van der Waals surface area contributed by atoms with Crippen molar-refractivity contribution in [1.82, 2.24) is 5.32 Å². The van der Waals surface area contributed by atoms with E-state index in [1.807, 2.05) is 13.8 Å². The van der Waals surface area contributed by atoms with Crippen molar-refractivity contribution in [1.29, 1.82) is 5.26 Å². The summed E-state index contributed by atoms with van der Waals surface area (Å²) in [6.07, 6.45) is 1.89. The van der Waals surface area contributed by atoms with Gasteiger partial charge in [-0.2, -0.15) is 5.26 Å². The van der Waals surface area contributed by atoms with Gasteiger partial charge in [0.1, 0.15) is 5.54 Å². The van der Waals surface area contributed by atoms with Crippen molar-refractivity contribution in [3.8, 4) is 6.07 Å². The summed E-state index contributed by atoms with van der Waals surface area (Å²) >= 11 is 0. The van der Waals surface area contributed by atoms with Crippen LogP contribution in [0.3, 0.4) is 0 Å². The van der Waals surface area contributed by atoms with E-state index in [9.17, 15) is 0 Å². The molecule has 16 heavy (non-hydrogen) atoms. The van der Waals surface area contributed by atoms with Crippen molar-refractivity contribution >= 4 is 0 Å². The van der Waals surface area contributed by atoms with E-state index in [-0.39, 0.29) is 6.10 Å². The molecule has 1 fully saturated rings. The Morgan fingerprint density at radius 2 is 2.44 bits per heavy atom. The molecule has 1 saturated heterocycles. The summed E-state index contributed by atoms with van der Waals surface area (Å²) in [6, 6.07) is 2.27. The molecule has 1 aliphatic rings. The second-order valence-corrected chi connectivity index (χ2v) is 4.77. The van der Waals surface area contributed by atoms with Crippen LogP contribution in [0.1, 0.15) is 26.7 Å². The topological polar surface area (TPSA) is 54.3 Å². The molecule has 0 bridgehead atoms. The number of ether oxygens (including phenoxy) is 2. The molecule has 0 amide bonds. The molecule has 1 heterocycles. The molecule has 4 heteroatoms. The lowest BCUT2D eigenvalue weighted by Crippen LogP contribution is -2.41. The first-order valence-electron chi connectivity index (χ1n) is 5.89. The lowest BCUT2D eigenvalue weighted by molar-refractivity contribution is 0.0231. The Hall–Kier alpha value is -0.630. The Labute approximate surface area is 97.9 Å². The van der Waals surface area contributed by atoms with Crippen molar-refractivity contribution in [2.24, 2.45) is 5.92 Å². The molecule has 0 aromatic rings. The van der Waals surface area contributed by atoms with Gasteiger partial charge in [-0.3, -0.25) is 0 Å². The highest BCUT2D eigenvalue weighted by molar-refractivity contribution is 5.03. The van der Waals surface area contributed by atoms with Crippen LogP contribution in [-0.4, -0.2) is 38.5 Å². The highest BCUT2D eigenvalue weighted by Gasteiger charge is 2.25. The molecule has 0 aliphatic carbocycles. The number of rotatable bonds is 6. The molecule has 0 saturated carbocycles. The van der Waals surface area contributed by atoms with Crippen LogP contribution in [0.25, 0.3) is 0 Å². The number of hydrogen-bond donors (Lipinski definition) is 1. The van der Waals surface area contributed by atoms with Crippen molar-refractivity contribution in [3.05, 3.63) is 0 Å². The van der Waals surface area contributed by atoms with Crippen molar-refractivity contribution < 1.29 is 9.47 Å². The van der Waals surface area contributed by atoms with E-state index in [4.69, 9.17) is 14.7 Å². The summed E-state index contributed by atoms with van der Waals surface area (Å²) < 4.78 is 11.0. The van der Waals surface area contributed by atoms with Gasteiger partial charge in [0, 0.05) is 18.9 Å². The average Bonchev–Trinajstić information content (AvgIpc) is 2.79. The Balaban J connectivity index is 2.24. The van der Waals surface area contributed by atoms with Crippen molar-refractivity contribution in [2.45, 2.75) is 38.3 Å². The summed E-state index contributed by atoms with van der Waals surface area (Å²) in [5.74, 6) is 0.533. The van der Waals surface area contributed by atoms with Crippen LogP contribution < -0.4 is 5.32 Å². The van der Waals surface area contributed by atoms with Gasteiger partial charge in [0.2, 0.25) is 0 Å². The van der Waals surface area contributed by atoms with Gasteiger partial charge in [-0.1, -0.05) is 0 Å². The average molecular weight is 226 g/mol. The van der Waals surface area contributed by atoms with Crippen molar-refractivity contribution in [3.63, 3.8) is 0 Å². The third kappa shape index (κ3) is 4.09. The third-order valence-corrected chi connectivity index (χ3v) is 3.13. The molecule has 0 spiro atoms. The molecule has 1 aliphatic heterocycles. The van der Waals surface area contributed by atoms with E-state index < -0.39 is 5.54 Å². The highest BCUT2D eigenvalue weighted by atomic mass is 16.5. The molecule has 3 unspecified atom stereocenters. The van der Waals surface area contributed by atoms with Gasteiger partial charge in [-0.15, -0.1) is 0 Å². The molecule has 1 N–H and O–H groups in total. The van der Waals surface area contributed by atoms with Crippen LogP contribution >= 0.6 is 0 Å². The van der Waals surface area contributed by atoms with Gasteiger partial charge in [0.15, 0.2) is 0 Å². The van der Waals surface area contributed by atoms with Crippen LogP contribution in [0.15, 0.2) is 0 Å². The predicted molar refractivity (Wildman–Crippen MR) is 62.0 cm³/mol. The highest BCUT2D eigenvalue weighted by Crippen LogP contribution is 2.17. The van der Waals surface area contributed by atoms with E-state index >= 15 is 0 Å². The maximum atomic E-state index is 9.03. The van der Waals surface area contributed by atoms with E-state index in [2.05, 4.69) is 11.4 Å². The zero-order chi connectivity index (χ0) is 12.0. The quantitative estimate of drug-likeness (QED) is 0.742. The second-order valence-electron chi connectivity index (χ2n) is 4.77. The van der Waals surface area contributed by atoms with E-state index in [0.29, 0.717) is 12.3 Å². The minimum atomic E-state index is -0.494. The second kappa shape index (κ2) is 6.19. The molecule has 1 rings (SSSR count). The van der Waals surface area contributed by atoms with E-state index in [1.54, 1.807) is 7.05 Å². The van der Waals surface area contributed by atoms with Crippen molar-refractivity contribution in [2.75, 3.05) is 26.9 Å². The van der Waals surface area contributed by atoms with E-state index in [0.717, 1.165) is 26.2 Å². The minimum Gasteiger partial charge on any atom is -0.381 e. The summed E-state index contributed by atoms with van der Waals surface area (Å²) in [4.78, 5) is 0. The molecule has 4 nitrogen and oxygen atoms in total. The summed E-state index contributed by atoms with van der Waals surface area (Å²) in [6.45, 7) is 6.32. The smallest absolute Gasteiger partial charge is 0.106 e. The Kier molecular flexibility index (Phi) is 5.20. The number of nitrogens with one attached hydrogen (secondary N) is 1. The number of nitrogens with zero attached hydrogens (tertiary/aromatic N) is 1. The Bertz CT molecular complexity index is 246. The first-order chi connectivity index (χ1) is 7.59. The lowest BCUT2D eigenvalue weighted by atomic mass is 9.97. The van der Waals surface area contributed by atoms with Crippen LogP contribution in [0.4, 0.5) is 0 Å². The lowest BCUT2D eigenvalue weighted by Gasteiger charge is -2.25. The molecule has 0 aromatic heterocycles. The fourth-order valence-electron chi connectivity index (χ4n) is 1.85. The Morgan fingerprint density at radius 3 is 2.94 bits per heavy atom. The summed E-state index contributed by atoms with van der Waals surface area (Å²) in [5, 5.41) is 12.0. The first kappa shape index (κ1) is 13.4. The zero-order valence-electron chi connectivity index (χ0n) is 10.5. The largest absolute Gasteiger partial charge is 0.381 e. The van der Waals surface area contributed by atoms with Gasteiger partial charge >= 0.3 is 0 Å². The van der Waals surface area contributed by atoms with E-state index in [1.165, 1.54) is 0 Å². The summed E-state index contributed by atoms with van der Waals surface area (Å²) in [7, 11) is 1.81. The van der Waals surface area contributed by atoms with Gasteiger partial charge < -0.3 is 14.8 Å². The molecular formula is C12H22N2O2. The fourth-order valence-corrected chi connectivity index (χ4v) is 1.85. The van der Waals surface area contributed by atoms with Crippen LogP contribution in [-0.2, 0) is 9.47 Å². The summed E-state index contributed by atoms with van der Waals surface area (Å²) in [5.41, 5.74) is -0.494. The molecule has 3 atom stereocenters. The Morgan fingerprint density at radius 1 is 1.69 bits per heavy atom. The predicted octanol–water partition coefficient (Wildman–Crippen LogP) is 1.32. The maximum absolute atomic E-state index is 9.03. The van der Waals surface area contributed by atoms with Crippen LogP contribution in [0, 0.1) is 17.2 Å². The van der Waals surface area contributed by atoms with Gasteiger partial charge in [-0.25, -0.2) is 0 Å². The van der Waals surface area contributed by atoms with Crippen LogP contribution in [0.2, 0.25) is 0 Å². The van der Waals surface area contributed by atoms with Gasteiger partial charge in [0.05, 0.1) is 25.4 Å². The fraction of sp³-hybridized carbons (Fsp3) is 0.917.